The van der Waals surface area contributed by atoms with Gasteiger partial charge < -0.3 is 21.1 Å². The number of aromatic nitrogens is 2. The molecule has 1 amide bonds. The molecular formula is C32H33F3N6O2. The molecule has 6 rings (SSSR count). The van der Waals surface area contributed by atoms with Gasteiger partial charge in [0.25, 0.3) is 5.91 Å². The third-order valence-corrected chi connectivity index (χ3v) is 8.45. The van der Waals surface area contributed by atoms with Crippen molar-refractivity contribution < 1.29 is 23.1 Å². The third kappa shape index (κ3) is 6.13. The summed E-state index contributed by atoms with van der Waals surface area (Å²) in [7, 11) is 0. The van der Waals surface area contributed by atoms with Crippen molar-refractivity contribution >= 4 is 17.4 Å². The van der Waals surface area contributed by atoms with E-state index in [0.717, 1.165) is 35.5 Å². The number of aliphatic imine (C=N–C) groups is 1. The molecule has 8 nitrogen and oxygen atoms in total. The second-order valence-corrected chi connectivity index (χ2v) is 11.4. The van der Waals surface area contributed by atoms with Gasteiger partial charge in [-0.05, 0) is 36.8 Å². The third-order valence-electron chi connectivity index (χ3n) is 8.45. The van der Waals surface area contributed by atoms with Crippen LogP contribution in [-0.4, -0.2) is 52.2 Å². The summed E-state index contributed by atoms with van der Waals surface area (Å²) in [4.78, 5) is 28.5. The summed E-state index contributed by atoms with van der Waals surface area (Å²) in [6.07, 6.45) is -0.521. The zero-order valence-corrected chi connectivity index (χ0v) is 23.4. The number of carbonyl (C=O) groups excluding carboxylic acids is 1. The maximum atomic E-state index is 14.6. The minimum atomic E-state index is -4.94. The molecule has 0 bridgehead atoms. The van der Waals surface area contributed by atoms with Crippen LogP contribution in [-0.2, 0) is 4.79 Å². The molecule has 1 saturated carbocycles. The van der Waals surface area contributed by atoms with E-state index in [1.165, 1.54) is 0 Å². The molecule has 3 heterocycles. The minimum absolute atomic E-state index is 0.0139. The summed E-state index contributed by atoms with van der Waals surface area (Å²) in [6.45, 7) is 1.08. The molecule has 2 aliphatic heterocycles. The van der Waals surface area contributed by atoms with Crippen LogP contribution in [0.5, 0.6) is 0 Å². The van der Waals surface area contributed by atoms with Gasteiger partial charge >= 0.3 is 6.18 Å². The first-order valence-corrected chi connectivity index (χ1v) is 14.5. The van der Waals surface area contributed by atoms with Gasteiger partial charge in [-0.25, -0.2) is 9.97 Å². The SMILES string of the molecule is NC(=C1C(=NC(c2ccccc2)c2ccccc2)NC(=O)[C@H](O)[C@@H]1C(F)(F)F)C1CCN(c2cnc(C3CC3)nc2)CC1. The first-order valence-electron chi connectivity index (χ1n) is 14.5. The van der Waals surface area contributed by atoms with Crippen LogP contribution in [0.25, 0.3) is 0 Å². The van der Waals surface area contributed by atoms with E-state index in [2.05, 4.69) is 20.2 Å². The van der Waals surface area contributed by atoms with E-state index in [0.29, 0.717) is 31.8 Å². The maximum absolute atomic E-state index is 14.6. The molecule has 1 aromatic heterocycles. The van der Waals surface area contributed by atoms with Gasteiger partial charge in [0, 0.05) is 36.2 Å². The lowest BCUT2D eigenvalue weighted by molar-refractivity contribution is -0.191. The molecular weight excluding hydrogens is 557 g/mol. The van der Waals surface area contributed by atoms with Gasteiger partial charge in [0.15, 0.2) is 0 Å². The fourth-order valence-electron chi connectivity index (χ4n) is 5.93. The number of hydrogen-bond acceptors (Lipinski definition) is 7. The first-order chi connectivity index (χ1) is 20.7. The second-order valence-electron chi connectivity index (χ2n) is 11.4. The maximum Gasteiger partial charge on any atom is 0.398 e. The molecule has 0 unspecified atom stereocenters. The Morgan fingerprint density at radius 3 is 2.02 bits per heavy atom. The Morgan fingerprint density at radius 2 is 1.51 bits per heavy atom. The highest BCUT2D eigenvalue weighted by Gasteiger charge is 2.54. The predicted molar refractivity (Wildman–Crippen MR) is 156 cm³/mol. The Bertz CT molecular complexity index is 1460. The van der Waals surface area contributed by atoms with Crippen molar-refractivity contribution in [2.45, 2.75) is 49.9 Å². The van der Waals surface area contributed by atoms with Crippen LogP contribution in [0.2, 0.25) is 0 Å². The van der Waals surface area contributed by atoms with Gasteiger partial charge in [-0.3, -0.25) is 9.79 Å². The number of aliphatic hydroxyl groups is 1. The van der Waals surface area contributed by atoms with E-state index >= 15 is 0 Å². The summed E-state index contributed by atoms with van der Waals surface area (Å²) < 4.78 is 43.7. The average Bonchev–Trinajstić information content (AvgIpc) is 3.87. The second kappa shape index (κ2) is 11.8. The highest BCUT2D eigenvalue weighted by Crippen LogP contribution is 2.42. The highest BCUT2D eigenvalue weighted by atomic mass is 19.4. The zero-order valence-electron chi connectivity index (χ0n) is 23.4. The molecule has 224 valence electrons. The van der Waals surface area contributed by atoms with Crippen LogP contribution in [0.3, 0.4) is 0 Å². The van der Waals surface area contributed by atoms with E-state index < -0.39 is 36.1 Å². The fraction of sp³-hybridized carbons (Fsp3) is 0.375. The minimum Gasteiger partial charge on any atom is -0.401 e. The number of halogens is 3. The Hall–Kier alpha value is -4.25. The molecule has 0 radical (unpaired) electrons. The first kappa shape index (κ1) is 28.9. The topological polar surface area (TPSA) is 117 Å². The van der Waals surface area contributed by atoms with Crippen molar-refractivity contribution in [3.63, 3.8) is 0 Å². The highest BCUT2D eigenvalue weighted by molar-refractivity contribution is 6.13. The Kier molecular flexibility index (Phi) is 7.91. The monoisotopic (exact) mass is 590 g/mol. The number of nitrogens with zero attached hydrogens (tertiary/aromatic N) is 4. The summed E-state index contributed by atoms with van der Waals surface area (Å²) in [5.41, 5.74) is 8.53. The molecule has 43 heavy (non-hydrogen) atoms. The molecule has 0 spiro atoms. The summed E-state index contributed by atoms with van der Waals surface area (Å²) >= 11 is 0. The van der Waals surface area contributed by atoms with Crippen molar-refractivity contribution in [1.82, 2.24) is 15.3 Å². The van der Waals surface area contributed by atoms with Gasteiger partial charge in [-0.15, -0.1) is 0 Å². The normalized spacial score (nSPS) is 23.9. The molecule has 2 saturated heterocycles. The molecule has 3 aromatic rings. The quantitative estimate of drug-likeness (QED) is 0.385. The van der Waals surface area contributed by atoms with Crippen LogP contribution < -0.4 is 16.0 Å². The molecule has 2 aromatic carbocycles. The van der Waals surface area contributed by atoms with Crippen molar-refractivity contribution in [3.05, 3.63) is 101 Å². The van der Waals surface area contributed by atoms with Crippen LogP contribution in [0.1, 0.15) is 54.6 Å². The largest absolute Gasteiger partial charge is 0.401 e. The van der Waals surface area contributed by atoms with Gasteiger partial charge in [0.1, 0.15) is 29.7 Å². The van der Waals surface area contributed by atoms with Crippen molar-refractivity contribution in [2.24, 2.45) is 22.6 Å². The number of amidine groups is 1. The lowest BCUT2D eigenvalue weighted by Gasteiger charge is -2.38. The molecule has 3 fully saturated rings. The Morgan fingerprint density at radius 1 is 0.953 bits per heavy atom. The van der Waals surface area contributed by atoms with E-state index in [-0.39, 0.29) is 17.1 Å². The Balaban J connectivity index is 1.36. The van der Waals surface area contributed by atoms with Crippen molar-refractivity contribution in [1.29, 1.82) is 0 Å². The number of nitrogens with one attached hydrogen (secondary N) is 1. The number of hydrogen-bond donors (Lipinski definition) is 3. The molecule has 11 heteroatoms. The summed E-state index contributed by atoms with van der Waals surface area (Å²) in [5.74, 6) is -3.06. The predicted octanol–water partition coefficient (Wildman–Crippen LogP) is 4.64. The molecule has 1 aliphatic carbocycles. The van der Waals surface area contributed by atoms with Crippen LogP contribution in [0.4, 0.5) is 18.9 Å². The standard InChI is InChI=1S/C32H33F3N6O2/c33-32(34,35)25-24(26(36)19-13-15-41(16-14-19)23-17-37-29(38-18-23)22-11-12-22)30(40-31(43)28(25)42)39-27(20-7-3-1-4-8-20)21-9-5-2-6-10-21/h1-10,17-19,22,25,27-28,42H,11-16,36H2,(H,39,40,43)/t25-,28-/m1/s1. The number of anilines is 1. The van der Waals surface area contributed by atoms with Crippen LogP contribution in [0.15, 0.2) is 89.3 Å². The molecule has 2 atom stereocenters. The number of amides is 1. The number of alkyl halides is 3. The van der Waals surface area contributed by atoms with Crippen LogP contribution >= 0.6 is 0 Å². The number of benzene rings is 2. The van der Waals surface area contributed by atoms with E-state index in [9.17, 15) is 23.1 Å². The lowest BCUT2D eigenvalue weighted by Crippen LogP contribution is -2.56. The lowest BCUT2D eigenvalue weighted by atomic mass is 9.81. The molecule has 3 aliphatic rings. The van der Waals surface area contributed by atoms with Gasteiger partial charge in [-0.2, -0.15) is 13.2 Å². The number of rotatable bonds is 6. The smallest absolute Gasteiger partial charge is 0.398 e. The van der Waals surface area contributed by atoms with E-state index in [4.69, 9.17) is 10.7 Å². The van der Waals surface area contributed by atoms with E-state index in [1.54, 1.807) is 12.4 Å². The Labute approximate surface area is 247 Å². The van der Waals surface area contributed by atoms with E-state index in [1.807, 2.05) is 60.7 Å². The number of carbonyl (C=O) groups is 1. The number of aliphatic hydroxyl groups excluding tert-OH is 1. The number of nitrogens with two attached hydrogens (primary N) is 1. The summed E-state index contributed by atoms with van der Waals surface area (Å²) in [6, 6.07) is 17.5. The zero-order chi connectivity index (χ0) is 30.1. The van der Waals surface area contributed by atoms with Crippen LogP contribution in [0, 0.1) is 11.8 Å². The fourth-order valence-corrected chi connectivity index (χ4v) is 5.93. The average molecular weight is 591 g/mol. The molecule has 4 N–H and O–H groups in total. The number of piperidine rings is 2. The van der Waals surface area contributed by atoms with Crippen molar-refractivity contribution in [2.75, 3.05) is 18.0 Å². The van der Waals surface area contributed by atoms with Gasteiger partial charge in [0.05, 0.1) is 18.1 Å². The van der Waals surface area contributed by atoms with Gasteiger partial charge in [-0.1, -0.05) is 60.7 Å². The van der Waals surface area contributed by atoms with Gasteiger partial charge in [0.2, 0.25) is 0 Å². The summed E-state index contributed by atoms with van der Waals surface area (Å²) in [5, 5.41) is 13.0. The number of allylic oxidation sites excluding steroid dienone is 1. The van der Waals surface area contributed by atoms with Crippen molar-refractivity contribution in [3.8, 4) is 0 Å².